The third kappa shape index (κ3) is 24.8. The summed E-state index contributed by atoms with van der Waals surface area (Å²) in [5.74, 6) is -2.62. The molecule has 0 amide bonds. The lowest BCUT2D eigenvalue weighted by atomic mass is 9.98. The topological polar surface area (TPSA) is 101 Å². The van der Waals surface area contributed by atoms with E-state index >= 15 is 0 Å². The van der Waals surface area contributed by atoms with Crippen molar-refractivity contribution >= 4 is 11.9 Å². The molecule has 0 heterocycles. The molecule has 0 fully saturated rings. The highest BCUT2D eigenvalue weighted by Gasteiger charge is 2.03. The van der Waals surface area contributed by atoms with E-state index in [2.05, 4.69) is 20.8 Å². The van der Waals surface area contributed by atoms with Gasteiger partial charge in [-0.3, -0.25) is 9.59 Å². The van der Waals surface area contributed by atoms with E-state index < -0.39 is 18.4 Å². The predicted molar refractivity (Wildman–Crippen MR) is 48.4 cm³/mol. The predicted octanol–water partition coefficient (Wildman–Crippen LogP) is 0.537. The minimum Gasteiger partial charge on any atom is -0.481 e. The van der Waals surface area contributed by atoms with Gasteiger partial charge in [-0.2, -0.15) is 0 Å². The summed E-state index contributed by atoms with van der Waals surface area (Å²) in [6, 6.07) is 0. The Morgan fingerprint density at radius 3 is 1.38 bits per heavy atom. The molecule has 0 bridgehead atoms. The summed E-state index contributed by atoms with van der Waals surface area (Å²) in [6.07, 6.45) is -0.806. The van der Waals surface area contributed by atoms with Crippen LogP contribution < -0.4 is 5.73 Å². The van der Waals surface area contributed by atoms with E-state index in [-0.39, 0.29) is 0 Å². The van der Waals surface area contributed by atoms with Gasteiger partial charge in [0.05, 0.1) is 0 Å². The van der Waals surface area contributed by atoms with Crippen molar-refractivity contribution < 1.29 is 19.8 Å². The minimum atomic E-state index is -1.31. The molecule has 78 valence electrons. The second-order valence-corrected chi connectivity index (χ2v) is 3.73. The largest absolute Gasteiger partial charge is 0.481 e. The van der Waals surface area contributed by atoms with Gasteiger partial charge in [0, 0.05) is 0 Å². The molecule has 0 spiro atoms. The zero-order chi connectivity index (χ0) is 11.1. The first kappa shape index (κ1) is 14.4. The highest BCUT2D eigenvalue weighted by atomic mass is 16.4. The molecule has 5 heteroatoms. The number of nitrogens with two attached hydrogens (primary N) is 1. The van der Waals surface area contributed by atoms with Crippen LogP contribution in [0.2, 0.25) is 0 Å². The second-order valence-electron chi connectivity index (χ2n) is 3.73. The molecule has 0 aliphatic carbocycles. The van der Waals surface area contributed by atoms with Crippen molar-refractivity contribution in [3.8, 4) is 0 Å². The molecule has 5 nitrogen and oxygen atoms in total. The van der Waals surface area contributed by atoms with Crippen LogP contribution in [0.3, 0.4) is 0 Å². The Hall–Kier alpha value is -1.10. The number of carbonyl (C=O) groups is 2. The average Bonchev–Trinajstić information content (AvgIpc) is 1.84. The molecule has 0 atom stereocenters. The monoisotopic (exact) mass is 191 g/mol. The molecule has 0 aromatic rings. The molecule has 0 saturated carbocycles. The Morgan fingerprint density at radius 2 is 1.38 bits per heavy atom. The van der Waals surface area contributed by atoms with Crippen LogP contribution in [0.25, 0.3) is 0 Å². The Labute approximate surface area is 77.6 Å². The molecule has 0 unspecified atom stereocenters. The number of hydrogen-bond donors (Lipinski definition) is 3. The van der Waals surface area contributed by atoms with Crippen molar-refractivity contribution in [2.75, 3.05) is 6.54 Å². The summed E-state index contributed by atoms with van der Waals surface area (Å²) in [5, 5.41) is 15.4. The van der Waals surface area contributed by atoms with Gasteiger partial charge < -0.3 is 15.9 Å². The Morgan fingerprint density at radius 1 is 1.15 bits per heavy atom. The normalized spacial score (nSPS) is 9.85. The maximum absolute atomic E-state index is 9.43. The smallest absolute Gasteiger partial charge is 0.314 e. The van der Waals surface area contributed by atoms with Gasteiger partial charge in [0.25, 0.3) is 0 Å². The lowest BCUT2D eigenvalue weighted by molar-refractivity contribution is -0.147. The fraction of sp³-hybridized carbons (Fsp3) is 0.750. The number of carboxylic acids is 2. The van der Waals surface area contributed by atoms with Gasteiger partial charge in [-0.1, -0.05) is 20.8 Å². The standard InChI is InChI=1S/C5H13N.C3H4O4/c1-5(2,3)4-6;4-2(5)1-3(6)7/h4,6H2,1-3H3;1H2,(H,4,5)(H,6,7). The molecule has 0 aromatic heterocycles. The van der Waals surface area contributed by atoms with Crippen LogP contribution in [0.1, 0.15) is 27.2 Å². The van der Waals surface area contributed by atoms with E-state index in [9.17, 15) is 9.59 Å². The third-order valence-corrected chi connectivity index (χ3v) is 0.915. The maximum Gasteiger partial charge on any atom is 0.314 e. The highest BCUT2D eigenvalue weighted by Crippen LogP contribution is 2.07. The summed E-state index contributed by atoms with van der Waals surface area (Å²) >= 11 is 0. The summed E-state index contributed by atoms with van der Waals surface area (Å²) in [7, 11) is 0. The van der Waals surface area contributed by atoms with Gasteiger partial charge in [-0.25, -0.2) is 0 Å². The molecule has 0 aliphatic rings. The van der Waals surface area contributed by atoms with Crippen LogP contribution >= 0.6 is 0 Å². The van der Waals surface area contributed by atoms with Crippen molar-refractivity contribution in [2.45, 2.75) is 27.2 Å². The Bertz CT molecular complexity index is 159. The van der Waals surface area contributed by atoms with Crippen LogP contribution in [0.15, 0.2) is 0 Å². The van der Waals surface area contributed by atoms with Gasteiger partial charge in [0.2, 0.25) is 0 Å². The lowest BCUT2D eigenvalue weighted by Gasteiger charge is -2.12. The van der Waals surface area contributed by atoms with Crippen molar-refractivity contribution in [1.29, 1.82) is 0 Å². The molecule has 13 heavy (non-hydrogen) atoms. The van der Waals surface area contributed by atoms with Gasteiger partial charge in [0.15, 0.2) is 0 Å². The second kappa shape index (κ2) is 6.42. The van der Waals surface area contributed by atoms with Crippen LogP contribution in [0.4, 0.5) is 0 Å². The number of hydrogen-bond acceptors (Lipinski definition) is 3. The van der Waals surface area contributed by atoms with Gasteiger partial charge in [-0.05, 0) is 12.0 Å². The molecule has 0 aliphatic heterocycles. The first-order chi connectivity index (χ1) is 5.69. The first-order valence-corrected chi connectivity index (χ1v) is 3.82. The zero-order valence-corrected chi connectivity index (χ0v) is 8.20. The number of carboxylic acid groups (broad SMARTS) is 2. The minimum absolute atomic E-state index is 0.319. The van der Waals surface area contributed by atoms with E-state index in [0.29, 0.717) is 5.41 Å². The lowest BCUT2D eigenvalue weighted by Crippen LogP contribution is -2.18. The molecular weight excluding hydrogens is 174 g/mol. The average molecular weight is 191 g/mol. The zero-order valence-electron chi connectivity index (χ0n) is 8.20. The van der Waals surface area contributed by atoms with E-state index in [1.54, 1.807) is 0 Å². The highest BCUT2D eigenvalue weighted by molar-refractivity contribution is 5.88. The summed E-state index contributed by atoms with van der Waals surface area (Å²) < 4.78 is 0. The summed E-state index contributed by atoms with van der Waals surface area (Å²) in [5.41, 5.74) is 5.62. The molecule has 0 aromatic carbocycles. The molecule has 0 saturated heterocycles. The van der Waals surface area contributed by atoms with Crippen molar-refractivity contribution in [2.24, 2.45) is 11.1 Å². The van der Waals surface area contributed by atoms with E-state index in [1.807, 2.05) is 0 Å². The Balaban J connectivity index is 0. The maximum atomic E-state index is 9.43. The van der Waals surface area contributed by atoms with Crippen LogP contribution in [0, 0.1) is 5.41 Å². The SMILES string of the molecule is CC(C)(C)CN.O=C(O)CC(=O)O. The number of aliphatic carboxylic acids is 2. The van der Waals surface area contributed by atoms with Crippen LogP contribution in [-0.4, -0.2) is 28.7 Å². The quantitative estimate of drug-likeness (QED) is 0.553. The molecule has 0 rings (SSSR count). The van der Waals surface area contributed by atoms with Crippen LogP contribution in [-0.2, 0) is 9.59 Å². The van der Waals surface area contributed by atoms with E-state index in [4.69, 9.17) is 15.9 Å². The summed E-state index contributed by atoms with van der Waals surface area (Å²) in [6.45, 7) is 7.12. The van der Waals surface area contributed by atoms with Crippen LogP contribution in [0.5, 0.6) is 0 Å². The summed E-state index contributed by atoms with van der Waals surface area (Å²) in [4.78, 5) is 18.9. The van der Waals surface area contributed by atoms with Crippen molar-refractivity contribution in [3.05, 3.63) is 0 Å². The molecular formula is C8H17NO4. The van der Waals surface area contributed by atoms with Gasteiger partial charge in [0.1, 0.15) is 6.42 Å². The molecule has 0 radical (unpaired) electrons. The van der Waals surface area contributed by atoms with Gasteiger partial charge >= 0.3 is 11.9 Å². The van der Waals surface area contributed by atoms with Crippen molar-refractivity contribution in [3.63, 3.8) is 0 Å². The number of rotatable bonds is 2. The van der Waals surface area contributed by atoms with Gasteiger partial charge in [-0.15, -0.1) is 0 Å². The van der Waals surface area contributed by atoms with Crippen molar-refractivity contribution in [1.82, 2.24) is 0 Å². The molecule has 4 N–H and O–H groups in total. The fourth-order valence-corrected chi connectivity index (χ4v) is 0.129. The first-order valence-electron chi connectivity index (χ1n) is 3.82. The van der Waals surface area contributed by atoms with E-state index in [0.717, 1.165) is 6.54 Å². The van der Waals surface area contributed by atoms with E-state index in [1.165, 1.54) is 0 Å². The third-order valence-electron chi connectivity index (χ3n) is 0.915. The Kier molecular flexibility index (Phi) is 7.12. The fourth-order valence-electron chi connectivity index (χ4n) is 0.129.